The van der Waals surface area contributed by atoms with Gasteiger partial charge < -0.3 is 20.4 Å². The number of benzene rings is 1. The molecule has 1 aromatic carbocycles. The summed E-state index contributed by atoms with van der Waals surface area (Å²) in [5.41, 5.74) is 1.41. The van der Waals surface area contributed by atoms with E-state index in [-0.39, 0.29) is 24.1 Å². The first-order valence-electron chi connectivity index (χ1n) is 7.50. The van der Waals surface area contributed by atoms with Gasteiger partial charge in [0.25, 0.3) is 5.91 Å². The van der Waals surface area contributed by atoms with E-state index in [1.165, 1.54) is 11.9 Å². The van der Waals surface area contributed by atoms with E-state index in [0.717, 1.165) is 5.69 Å². The predicted octanol–water partition coefficient (Wildman–Crippen LogP) is -0.171. The SMILES string of the molecule is CNC(=O)C[C@H]1C(=O)NCCN1C(=O)c1cccc(N(C)C)c1. The highest BCUT2D eigenvalue weighted by molar-refractivity contribution is 6.00. The minimum atomic E-state index is -0.779. The summed E-state index contributed by atoms with van der Waals surface area (Å²) in [4.78, 5) is 39.9. The van der Waals surface area contributed by atoms with Crippen molar-refractivity contribution < 1.29 is 14.4 Å². The third kappa shape index (κ3) is 3.80. The maximum absolute atomic E-state index is 12.8. The normalized spacial score (nSPS) is 17.4. The highest BCUT2D eigenvalue weighted by Crippen LogP contribution is 2.18. The molecule has 7 nitrogen and oxygen atoms in total. The molecule has 0 aromatic heterocycles. The first-order chi connectivity index (χ1) is 10.9. The molecule has 0 saturated carbocycles. The number of piperazine rings is 1. The van der Waals surface area contributed by atoms with Gasteiger partial charge in [-0.25, -0.2) is 0 Å². The summed E-state index contributed by atoms with van der Waals surface area (Å²) in [5, 5.41) is 5.20. The fourth-order valence-electron chi connectivity index (χ4n) is 2.52. The number of nitrogens with zero attached hydrogens (tertiary/aromatic N) is 2. The Morgan fingerprint density at radius 2 is 2.13 bits per heavy atom. The van der Waals surface area contributed by atoms with Gasteiger partial charge in [0.05, 0.1) is 6.42 Å². The lowest BCUT2D eigenvalue weighted by Gasteiger charge is -2.34. The van der Waals surface area contributed by atoms with Crippen molar-refractivity contribution in [3.63, 3.8) is 0 Å². The molecule has 0 spiro atoms. The first-order valence-corrected chi connectivity index (χ1v) is 7.50. The summed E-state index contributed by atoms with van der Waals surface area (Å²) < 4.78 is 0. The number of hydrogen-bond donors (Lipinski definition) is 2. The van der Waals surface area contributed by atoms with Crippen molar-refractivity contribution in [3.05, 3.63) is 29.8 Å². The third-order valence-corrected chi connectivity index (χ3v) is 3.86. The molecule has 1 fully saturated rings. The highest BCUT2D eigenvalue weighted by Gasteiger charge is 2.34. The zero-order chi connectivity index (χ0) is 17.0. The van der Waals surface area contributed by atoms with E-state index in [9.17, 15) is 14.4 Å². The maximum Gasteiger partial charge on any atom is 0.254 e. The second-order valence-electron chi connectivity index (χ2n) is 5.63. The molecular formula is C16H22N4O3. The van der Waals surface area contributed by atoms with Crippen molar-refractivity contribution in [2.45, 2.75) is 12.5 Å². The van der Waals surface area contributed by atoms with Gasteiger partial charge in [-0.15, -0.1) is 0 Å². The van der Waals surface area contributed by atoms with Crippen LogP contribution in [0.25, 0.3) is 0 Å². The van der Waals surface area contributed by atoms with E-state index in [4.69, 9.17) is 0 Å². The Kier molecular flexibility index (Phi) is 5.20. The Hall–Kier alpha value is -2.57. The Morgan fingerprint density at radius 1 is 1.39 bits per heavy atom. The molecule has 1 aliphatic rings. The minimum Gasteiger partial charge on any atom is -0.378 e. The molecule has 1 saturated heterocycles. The molecule has 3 amide bonds. The van der Waals surface area contributed by atoms with Crippen LogP contribution in [0.3, 0.4) is 0 Å². The molecule has 2 rings (SSSR count). The van der Waals surface area contributed by atoms with E-state index in [2.05, 4.69) is 10.6 Å². The molecule has 0 bridgehead atoms. The highest BCUT2D eigenvalue weighted by atomic mass is 16.2. The van der Waals surface area contributed by atoms with Crippen molar-refractivity contribution in [1.82, 2.24) is 15.5 Å². The molecule has 2 N–H and O–H groups in total. The van der Waals surface area contributed by atoms with Crippen molar-refractivity contribution in [2.75, 3.05) is 39.1 Å². The fraction of sp³-hybridized carbons (Fsp3) is 0.438. The molecule has 1 heterocycles. The average molecular weight is 318 g/mol. The maximum atomic E-state index is 12.8. The molecule has 23 heavy (non-hydrogen) atoms. The smallest absolute Gasteiger partial charge is 0.254 e. The van der Waals surface area contributed by atoms with E-state index in [1.54, 1.807) is 18.2 Å². The number of rotatable bonds is 4. The summed E-state index contributed by atoms with van der Waals surface area (Å²) >= 11 is 0. The summed E-state index contributed by atoms with van der Waals surface area (Å²) in [6, 6.07) is 6.44. The van der Waals surface area contributed by atoms with Crippen LogP contribution in [0.2, 0.25) is 0 Å². The van der Waals surface area contributed by atoms with Gasteiger partial charge >= 0.3 is 0 Å². The van der Waals surface area contributed by atoms with Gasteiger partial charge in [0.2, 0.25) is 11.8 Å². The summed E-state index contributed by atoms with van der Waals surface area (Å²) in [7, 11) is 5.30. The lowest BCUT2D eigenvalue weighted by molar-refractivity contribution is -0.132. The third-order valence-electron chi connectivity index (χ3n) is 3.86. The van der Waals surface area contributed by atoms with Crippen LogP contribution in [-0.4, -0.2) is 62.9 Å². The molecule has 7 heteroatoms. The second-order valence-corrected chi connectivity index (χ2v) is 5.63. The lowest BCUT2D eigenvalue weighted by Crippen LogP contribution is -2.58. The van der Waals surface area contributed by atoms with E-state index in [0.29, 0.717) is 18.7 Å². The van der Waals surface area contributed by atoms with E-state index >= 15 is 0 Å². The molecular weight excluding hydrogens is 296 g/mol. The number of amides is 3. The van der Waals surface area contributed by atoms with Gasteiger partial charge in [-0.05, 0) is 18.2 Å². The van der Waals surface area contributed by atoms with Crippen molar-refractivity contribution in [3.8, 4) is 0 Å². The number of carbonyl (C=O) groups excluding carboxylic acids is 3. The van der Waals surface area contributed by atoms with Crippen molar-refractivity contribution in [1.29, 1.82) is 0 Å². The minimum absolute atomic E-state index is 0.0402. The fourth-order valence-corrected chi connectivity index (χ4v) is 2.52. The number of anilines is 1. The Balaban J connectivity index is 2.25. The number of carbonyl (C=O) groups is 3. The van der Waals surface area contributed by atoms with Crippen molar-refractivity contribution >= 4 is 23.4 Å². The Labute approximate surface area is 135 Å². The predicted molar refractivity (Wildman–Crippen MR) is 87.3 cm³/mol. The van der Waals surface area contributed by atoms with Crippen LogP contribution in [-0.2, 0) is 9.59 Å². The van der Waals surface area contributed by atoms with E-state index in [1.807, 2.05) is 25.1 Å². The quantitative estimate of drug-likeness (QED) is 0.807. The van der Waals surface area contributed by atoms with Gasteiger partial charge in [0.15, 0.2) is 0 Å². The molecule has 1 aromatic rings. The Morgan fingerprint density at radius 3 is 2.78 bits per heavy atom. The molecule has 124 valence electrons. The van der Waals surface area contributed by atoms with Gasteiger partial charge in [-0.3, -0.25) is 14.4 Å². The Bertz CT molecular complexity index is 615. The first kappa shape index (κ1) is 16.8. The summed E-state index contributed by atoms with van der Waals surface area (Å²) in [6.45, 7) is 0.778. The van der Waals surface area contributed by atoms with Gasteiger partial charge in [0.1, 0.15) is 6.04 Å². The van der Waals surface area contributed by atoms with Crippen LogP contribution in [0.5, 0.6) is 0 Å². The molecule has 0 radical (unpaired) electrons. The van der Waals surface area contributed by atoms with Crippen molar-refractivity contribution in [2.24, 2.45) is 0 Å². The van der Waals surface area contributed by atoms with Crippen LogP contribution in [0.4, 0.5) is 5.69 Å². The van der Waals surface area contributed by atoms with Gasteiger partial charge in [0, 0.05) is 45.5 Å². The zero-order valence-corrected chi connectivity index (χ0v) is 13.6. The standard InChI is InChI=1S/C16H22N4O3/c1-17-14(21)10-13-15(22)18-7-8-20(13)16(23)11-5-4-6-12(9-11)19(2)3/h4-6,9,13H,7-8,10H2,1-3H3,(H,17,21)(H,18,22)/t13-/m0/s1. The summed E-state index contributed by atoms with van der Waals surface area (Å²) in [5.74, 6) is -0.804. The zero-order valence-electron chi connectivity index (χ0n) is 13.6. The largest absolute Gasteiger partial charge is 0.378 e. The van der Waals surface area contributed by atoms with Crippen LogP contribution < -0.4 is 15.5 Å². The summed E-state index contributed by atoms with van der Waals surface area (Å²) in [6.07, 6.45) is -0.0402. The van der Waals surface area contributed by atoms with Crippen LogP contribution in [0.1, 0.15) is 16.8 Å². The topological polar surface area (TPSA) is 81.8 Å². The average Bonchev–Trinajstić information content (AvgIpc) is 2.56. The molecule has 0 unspecified atom stereocenters. The van der Waals surface area contributed by atoms with Gasteiger partial charge in [-0.2, -0.15) is 0 Å². The van der Waals surface area contributed by atoms with Crippen LogP contribution in [0, 0.1) is 0 Å². The number of hydrogen-bond acceptors (Lipinski definition) is 4. The molecule has 1 aliphatic heterocycles. The molecule has 1 atom stereocenters. The monoisotopic (exact) mass is 318 g/mol. The molecule has 0 aliphatic carbocycles. The lowest BCUT2D eigenvalue weighted by atomic mass is 10.1. The van der Waals surface area contributed by atoms with Gasteiger partial charge in [-0.1, -0.05) is 6.07 Å². The van der Waals surface area contributed by atoms with Crippen LogP contribution in [0.15, 0.2) is 24.3 Å². The second kappa shape index (κ2) is 7.13. The number of nitrogens with one attached hydrogen (secondary N) is 2. The van der Waals surface area contributed by atoms with Crippen LogP contribution >= 0.6 is 0 Å². The van der Waals surface area contributed by atoms with E-state index < -0.39 is 6.04 Å².